The number of hydrogen-bond acceptors (Lipinski definition) is 33. The number of nitrogens with zero attached hydrogens (tertiary/aromatic N) is 9. The molecule has 0 aromatic carbocycles. The van der Waals surface area contributed by atoms with Crippen LogP contribution in [0.25, 0.3) is 33.5 Å². The molecule has 446 valence electrons. The number of ether oxygens (including phenoxy) is 5. The Hall–Kier alpha value is -5.47. The van der Waals surface area contributed by atoms with Gasteiger partial charge in [0.25, 0.3) is 53.9 Å². The summed E-state index contributed by atoms with van der Waals surface area (Å²) < 4.78 is 112. The number of aryl methyl sites for hydroxylation is 1. The van der Waals surface area contributed by atoms with Crippen LogP contribution in [0.3, 0.4) is 0 Å². The maximum atomic E-state index is 13.6. The number of nitrogen functional groups attached to an aromatic ring is 3. The highest BCUT2D eigenvalue weighted by atomic mass is 31.3. The van der Waals surface area contributed by atoms with Gasteiger partial charge in [-0.05, 0) is 0 Å². The van der Waals surface area contributed by atoms with E-state index in [1.807, 2.05) is 0 Å². The number of phosphoric ester groups is 3. The van der Waals surface area contributed by atoms with Crippen molar-refractivity contribution in [2.75, 3.05) is 51.2 Å². The molecule has 43 nitrogen and oxygen atoms in total. The summed E-state index contributed by atoms with van der Waals surface area (Å²) in [6.07, 6.45) is -17.1. The minimum absolute atomic E-state index is 0. The molecule has 6 aromatic heterocycles. The Balaban J connectivity index is 0.00000344. The summed E-state index contributed by atoms with van der Waals surface area (Å²) in [5.74, 6) is -1.08. The molecule has 0 saturated carbocycles. The van der Waals surface area contributed by atoms with Crippen molar-refractivity contribution in [2.24, 2.45) is 7.05 Å². The number of aromatic amines is 3. The summed E-state index contributed by atoms with van der Waals surface area (Å²) in [7, 11) is -21.3. The number of nitrogens with two attached hydrogens (primary N) is 3. The number of aliphatic hydroxyl groups excluding tert-OH is 3. The van der Waals surface area contributed by atoms with E-state index in [0.29, 0.717) is 0 Å². The van der Waals surface area contributed by atoms with Crippen molar-refractivity contribution in [2.45, 2.75) is 73.6 Å². The number of phosphoric acid groups is 4. The molecule has 3 aliphatic heterocycles. The van der Waals surface area contributed by atoms with Crippen LogP contribution >= 0.6 is 31.3 Å². The van der Waals surface area contributed by atoms with Crippen molar-refractivity contribution in [1.82, 2.24) is 72.0 Å². The maximum absolute atomic E-state index is 13.6. The number of imidazole rings is 3. The molecule has 0 spiro atoms. The largest absolute Gasteiger partial charge is 0.756 e. The highest BCUT2D eigenvalue weighted by Crippen LogP contribution is 2.63. The molecule has 9 heterocycles. The molecule has 16 atom stereocenters. The summed E-state index contributed by atoms with van der Waals surface area (Å²) in [5, 5.41) is 32.7. The first-order valence-corrected chi connectivity index (χ1v) is 27.5. The van der Waals surface area contributed by atoms with Gasteiger partial charge in [-0.25, -0.2) is 23.2 Å². The molecule has 0 aliphatic carbocycles. The SMILES string of the molecule is COC1C(COP(=O)([O-])OP(=O)([O-])OP(=O)([O-])OCC2OC(n3cnc4c(=O)[nH]c(N)nc43)C(OC)C2OP(=O)([O-])OCC2OC(n3cnc4c(=O)[nH]c(N)nc43)C(O)C2O)OC([n+]2cn(C)c3c(=O)[nH]c(N)nc32)C1O.[NH4+].[NH4+].[NH4+]. The van der Waals surface area contributed by atoms with Crippen molar-refractivity contribution in [3.05, 3.63) is 50.0 Å². The first-order chi connectivity index (χ1) is 36.1. The normalized spacial score (nSPS) is 28.9. The van der Waals surface area contributed by atoms with Crippen LogP contribution in [-0.4, -0.2) is 158 Å². The third kappa shape index (κ3) is 12.6. The van der Waals surface area contributed by atoms with E-state index in [4.69, 9.17) is 54.5 Å². The molecule has 16 unspecified atom stereocenters. The van der Waals surface area contributed by atoms with E-state index in [2.05, 4.69) is 53.0 Å². The average molecular weight is 1230 g/mol. The van der Waals surface area contributed by atoms with Crippen molar-refractivity contribution in [3.63, 3.8) is 0 Å². The van der Waals surface area contributed by atoms with Crippen LogP contribution in [0.4, 0.5) is 17.8 Å². The van der Waals surface area contributed by atoms with Gasteiger partial charge in [-0.1, -0.05) is 4.98 Å². The predicted molar refractivity (Wildman–Crippen MR) is 256 cm³/mol. The average Bonchev–Trinajstić information content (AvgIpc) is 4.18. The summed E-state index contributed by atoms with van der Waals surface area (Å²) in [6.45, 7) is -3.68. The molecule has 0 amide bonds. The second-order valence-electron chi connectivity index (χ2n) is 16.8. The molecule has 3 fully saturated rings. The van der Waals surface area contributed by atoms with Gasteiger partial charge in [-0.3, -0.25) is 61.3 Å². The van der Waals surface area contributed by atoms with Crippen LogP contribution in [0.15, 0.2) is 33.4 Å². The summed E-state index contributed by atoms with van der Waals surface area (Å²) >= 11 is 0. The number of anilines is 3. The van der Waals surface area contributed by atoms with Crippen LogP contribution in [0.5, 0.6) is 0 Å². The minimum Gasteiger partial charge on any atom is -0.756 e. The lowest BCUT2D eigenvalue weighted by Crippen LogP contribution is -2.46. The van der Waals surface area contributed by atoms with Gasteiger partial charge >= 0.3 is 5.65 Å². The van der Waals surface area contributed by atoms with Gasteiger partial charge in [0.1, 0.15) is 54.9 Å². The number of H-pyrrole nitrogens is 3. The number of hydrogen-bond donors (Lipinski definition) is 12. The highest BCUT2D eigenvalue weighted by Gasteiger charge is 2.52. The molecule has 0 bridgehead atoms. The zero-order valence-corrected chi connectivity index (χ0v) is 45.7. The quantitative estimate of drug-likeness (QED) is 0.0250. The number of quaternary nitrogens is 3. The van der Waals surface area contributed by atoms with Gasteiger partial charge in [-0.2, -0.15) is 9.97 Å². The Labute approximate surface area is 444 Å². The lowest BCUT2D eigenvalue weighted by Gasteiger charge is -2.35. The fourth-order valence-corrected chi connectivity index (χ4v) is 12.9. The Kier molecular flexibility index (Phi) is 18.9. The van der Waals surface area contributed by atoms with Gasteiger partial charge < -0.3 is 112 Å². The fraction of sp³-hybridized carbons (Fsp3) is 0.545. The van der Waals surface area contributed by atoms with Gasteiger partial charge in [0.05, 0.1) is 39.5 Å². The zero-order valence-electron chi connectivity index (χ0n) is 42.2. The molecule has 0 radical (unpaired) electrons. The number of aromatic nitrogens is 12. The number of nitrogens with one attached hydrogen (secondary N) is 3. The van der Waals surface area contributed by atoms with Crippen molar-refractivity contribution >= 4 is 82.6 Å². The second kappa shape index (κ2) is 23.8. The van der Waals surface area contributed by atoms with Crippen LogP contribution in [0, 0.1) is 0 Å². The molecule has 80 heavy (non-hydrogen) atoms. The zero-order chi connectivity index (χ0) is 55.8. The number of rotatable bonds is 20. The van der Waals surface area contributed by atoms with Crippen LogP contribution in [0.1, 0.15) is 18.7 Å². The third-order valence-corrected chi connectivity index (χ3v) is 16.9. The van der Waals surface area contributed by atoms with Crippen molar-refractivity contribution in [3.8, 4) is 0 Å². The Morgan fingerprint density at radius 1 is 0.625 bits per heavy atom. The molecular weight excluding hydrogens is 1170 g/mol. The highest BCUT2D eigenvalue weighted by molar-refractivity contribution is 7.65. The second-order valence-corrected chi connectivity index (χ2v) is 22.7. The number of fused-ring (bicyclic) bond motifs is 3. The van der Waals surface area contributed by atoms with E-state index in [-0.39, 0.29) is 63.8 Å². The minimum atomic E-state index is -6.60. The van der Waals surface area contributed by atoms with E-state index >= 15 is 0 Å². The summed E-state index contributed by atoms with van der Waals surface area (Å²) in [6, 6.07) is 0. The fourth-order valence-electron chi connectivity index (χ4n) is 8.61. The molecule has 6 aromatic rings. The Morgan fingerprint density at radius 2 is 1.09 bits per heavy atom. The van der Waals surface area contributed by atoms with Gasteiger partial charge in [0.2, 0.25) is 23.6 Å². The van der Waals surface area contributed by atoms with Crippen LogP contribution < -0.4 is 76.5 Å². The Bertz CT molecular complexity index is 3620. The smallest absolute Gasteiger partial charge is 0.313 e. The lowest BCUT2D eigenvalue weighted by molar-refractivity contribution is -0.745. The first-order valence-electron chi connectivity index (χ1n) is 21.7. The molecule has 3 saturated heterocycles. The summed E-state index contributed by atoms with van der Waals surface area (Å²) in [5.41, 5.74) is 13.6. The van der Waals surface area contributed by atoms with Crippen molar-refractivity contribution < 1.29 is 108 Å². The van der Waals surface area contributed by atoms with Gasteiger partial charge in [-0.15, -0.1) is 0 Å². The van der Waals surface area contributed by atoms with Gasteiger partial charge in [0, 0.05) is 14.2 Å². The molecule has 24 N–H and O–H groups in total. The molecule has 3 aliphatic rings. The van der Waals surface area contributed by atoms with Crippen LogP contribution in [0.2, 0.25) is 0 Å². The van der Waals surface area contributed by atoms with Crippen LogP contribution in [-0.2, 0) is 75.7 Å². The van der Waals surface area contributed by atoms with Gasteiger partial charge in [0.15, 0.2) is 41.1 Å². The Morgan fingerprint density at radius 3 is 1.62 bits per heavy atom. The molecular formula is C33H54N18O25P4. The van der Waals surface area contributed by atoms with E-state index in [9.17, 15) is 67.5 Å². The monoisotopic (exact) mass is 1230 g/mol. The van der Waals surface area contributed by atoms with E-state index < -0.39 is 147 Å². The third-order valence-electron chi connectivity index (χ3n) is 11.8. The number of methoxy groups -OCH3 is 2. The van der Waals surface area contributed by atoms with E-state index in [0.717, 1.165) is 36.0 Å². The van der Waals surface area contributed by atoms with E-state index in [1.54, 1.807) is 0 Å². The maximum Gasteiger partial charge on any atom is 0.313 e. The standard InChI is InChI=1S/C33H45N15O25P4.3H3N/c1-45-9-48(24-15(45)27(54)44-33(36)41-24)29-18(51)19(63-2)11(69-29)5-66-75(57,58)72-77(61,62)73-76(59,60)67-6-12-20(21(64-3)30(70-12)47-8-38-14-23(47)40-32(35)43-26(14)53)71-74(55,56)65-4-10-16(49)17(50)28(68-10)46-7-37-13-22(46)39-31(34)42-25(13)52;;;/h7-12,16-21,28-30,49-51H,4-6H2,1-3H3,(H12-,34,35,36,39,40,41,42,43,44,52,53,54,55,56,57,58,59,60,61,62);3*1H3. The van der Waals surface area contributed by atoms with E-state index in [1.165, 1.54) is 22.5 Å². The number of aliphatic hydroxyl groups is 3. The topological polar surface area (TPSA) is 692 Å². The van der Waals surface area contributed by atoms with Crippen molar-refractivity contribution in [1.29, 1.82) is 0 Å². The molecule has 47 heteroatoms. The summed E-state index contributed by atoms with van der Waals surface area (Å²) in [4.78, 5) is 116. The lowest BCUT2D eigenvalue weighted by atomic mass is 10.1. The first kappa shape index (κ1) is 63.7. The molecule has 9 rings (SSSR count). The predicted octanol–water partition coefficient (Wildman–Crippen LogP) is -6.16.